The molecule has 1 N–H and O–H groups in total. The number of amides is 2. The zero-order valence-corrected chi connectivity index (χ0v) is 12.1. The second-order valence-corrected chi connectivity index (χ2v) is 5.41. The first-order valence-corrected chi connectivity index (χ1v) is 6.74. The van der Waals surface area contributed by atoms with Gasteiger partial charge in [-0.1, -0.05) is 12.1 Å². The van der Waals surface area contributed by atoms with Gasteiger partial charge in [0, 0.05) is 18.8 Å². The van der Waals surface area contributed by atoms with E-state index in [4.69, 9.17) is 4.74 Å². The van der Waals surface area contributed by atoms with Crippen molar-refractivity contribution >= 4 is 11.7 Å². The molecule has 1 saturated heterocycles. The Morgan fingerprint density at radius 1 is 1.26 bits per heavy atom. The first kappa shape index (κ1) is 13.9. The molecule has 0 bridgehead atoms. The molecular formula is C15H22N2O2. The molecule has 1 heterocycles. The zero-order chi connectivity index (χ0) is 14.0. The van der Waals surface area contributed by atoms with E-state index in [1.807, 2.05) is 50.8 Å². The van der Waals surface area contributed by atoms with Crippen LogP contribution in [0, 0.1) is 13.8 Å². The van der Waals surface area contributed by atoms with E-state index in [1.165, 1.54) is 0 Å². The fraction of sp³-hybridized carbons (Fsp3) is 0.533. The lowest BCUT2D eigenvalue weighted by atomic mass is 10.1. The molecule has 1 aromatic rings. The fourth-order valence-electron chi connectivity index (χ4n) is 2.41. The van der Waals surface area contributed by atoms with Crippen molar-refractivity contribution in [1.29, 1.82) is 0 Å². The maximum Gasteiger partial charge on any atom is 0.322 e. The number of nitrogens with zero attached hydrogens (tertiary/aromatic N) is 1. The lowest BCUT2D eigenvalue weighted by molar-refractivity contribution is -0.0530. The van der Waals surface area contributed by atoms with Crippen LogP contribution >= 0.6 is 0 Å². The summed E-state index contributed by atoms with van der Waals surface area (Å²) in [6.45, 7) is 9.29. The number of hydrogen-bond acceptors (Lipinski definition) is 2. The summed E-state index contributed by atoms with van der Waals surface area (Å²) in [4.78, 5) is 14.1. The molecule has 1 fully saturated rings. The smallest absolute Gasteiger partial charge is 0.322 e. The molecule has 0 spiro atoms. The number of urea groups is 1. The minimum Gasteiger partial charge on any atom is -0.372 e. The lowest BCUT2D eigenvalue weighted by Crippen LogP contribution is -2.49. The Kier molecular flexibility index (Phi) is 4.10. The third-order valence-electron chi connectivity index (χ3n) is 3.34. The molecule has 19 heavy (non-hydrogen) atoms. The lowest BCUT2D eigenvalue weighted by Gasteiger charge is -2.35. The van der Waals surface area contributed by atoms with Crippen LogP contribution in [0.4, 0.5) is 10.5 Å². The molecule has 1 aliphatic rings. The van der Waals surface area contributed by atoms with E-state index in [0.717, 1.165) is 16.8 Å². The fourth-order valence-corrected chi connectivity index (χ4v) is 2.41. The Morgan fingerprint density at radius 2 is 1.89 bits per heavy atom. The summed E-state index contributed by atoms with van der Waals surface area (Å²) >= 11 is 0. The van der Waals surface area contributed by atoms with Crippen molar-refractivity contribution < 1.29 is 9.53 Å². The Labute approximate surface area is 114 Å². The van der Waals surface area contributed by atoms with Crippen LogP contribution in [0.25, 0.3) is 0 Å². The quantitative estimate of drug-likeness (QED) is 0.845. The molecule has 0 unspecified atom stereocenters. The van der Waals surface area contributed by atoms with Gasteiger partial charge in [-0.25, -0.2) is 4.79 Å². The highest BCUT2D eigenvalue weighted by atomic mass is 16.5. The monoisotopic (exact) mass is 262 g/mol. The predicted octanol–water partition coefficient (Wildman–Crippen LogP) is 2.94. The number of aryl methyl sites for hydroxylation is 2. The van der Waals surface area contributed by atoms with Gasteiger partial charge in [0.2, 0.25) is 0 Å². The molecule has 4 nitrogen and oxygen atoms in total. The normalized spacial score (nSPS) is 23.3. The van der Waals surface area contributed by atoms with Gasteiger partial charge >= 0.3 is 6.03 Å². The predicted molar refractivity (Wildman–Crippen MR) is 76.5 cm³/mol. The summed E-state index contributed by atoms with van der Waals surface area (Å²) in [5.74, 6) is 0. The van der Waals surface area contributed by atoms with Gasteiger partial charge in [0.15, 0.2) is 0 Å². The van der Waals surface area contributed by atoms with Crippen LogP contribution in [0.1, 0.15) is 25.0 Å². The van der Waals surface area contributed by atoms with E-state index >= 15 is 0 Å². The van der Waals surface area contributed by atoms with Gasteiger partial charge in [-0.05, 0) is 44.9 Å². The first-order valence-electron chi connectivity index (χ1n) is 6.74. The number of nitrogens with one attached hydrogen (secondary N) is 1. The van der Waals surface area contributed by atoms with Crippen molar-refractivity contribution in [2.24, 2.45) is 0 Å². The maximum absolute atomic E-state index is 12.3. The number of ether oxygens (including phenoxy) is 1. The number of hydrogen-bond donors (Lipinski definition) is 1. The second kappa shape index (κ2) is 5.61. The van der Waals surface area contributed by atoms with Crippen LogP contribution in [-0.4, -0.2) is 36.2 Å². The van der Waals surface area contributed by atoms with Crippen LogP contribution in [0.5, 0.6) is 0 Å². The number of carbonyl (C=O) groups is 1. The van der Waals surface area contributed by atoms with Gasteiger partial charge in [0.1, 0.15) is 0 Å². The van der Waals surface area contributed by atoms with E-state index in [9.17, 15) is 4.79 Å². The van der Waals surface area contributed by atoms with Crippen molar-refractivity contribution in [1.82, 2.24) is 4.90 Å². The van der Waals surface area contributed by atoms with Crippen LogP contribution in [0.3, 0.4) is 0 Å². The van der Waals surface area contributed by atoms with Crippen molar-refractivity contribution in [3.63, 3.8) is 0 Å². The third kappa shape index (κ3) is 3.47. The molecule has 2 rings (SSSR count). The minimum atomic E-state index is -0.0456. The number of morpholine rings is 1. The van der Waals surface area contributed by atoms with Crippen molar-refractivity contribution in [2.75, 3.05) is 18.4 Å². The van der Waals surface area contributed by atoms with Crippen molar-refractivity contribution in [3.8, 4) is 0 Å². The third-order valence-corrected chi connectivity index (χ3v) is 3.34. The van der Waals surface area contributed by atoms with Gasteiger partial charge in [-0.2, -0.15) is 0 Å². The number of benzene rings is 1. The summed E-state index contributed by atoms with van der Waals surface area (Å²) in [6.07, 6.45) is 0.182. The molecule has 4 heteroatoms. The molecule has 2 atom stereocenters. The van der Waals surface area contributed by atoms with E-state index in [2.05, 4.69) is 5.32 Å². The van der Waals surface area contributed by atoms with Gasteiger partial charge < -0.3 is 15.0 Å². The number of rotatable bonds is 1. The molecule has 0 radical (unpaired) electrons. The average molecular weight is 262 g/mol. The van der Waals surface area contributed by atoms with Crippen LogP contribution in [0.15, 0.2) is 18.2 Å². The first-order chi connectivity index (χ1) is 8.95. The van der Waals surface area contributed by atoms with Gasteiger partial charge in [0.25, 0.3) is 0 Å². The van der Waals surface area contributed by atoms with E-state index in [0.29, 0.717) is 13.1 Å². The van der Waals surface area contributed by atoms with E-state index in [1.54, 1.807) is 0 Å². The van der Waals surface area contributed by atoms with Crippen LogP contribution in [0.2, 0.25) is 0 Å². The van der Waals surface area contributed by atoms with Crippen LogP contribution < -0.4 is 5.32 Å². The number of anilines is 1. The Morgan fingerprint density at radius 3 is 2.53 bits per heavy atom. The molecule has 2 amide bonds. The summed E-state index contributed by atoms with van der Waals surface area (Å²) < 4.78 is 5.64. The standard InChI is InChI=1S/C15H22N2O2/c1-10-5-6-11(2)14(7-10)16-15(18)17-8-12(3)19-13(4)9-17/h5-7,12-13H,8-9H2,1-4H3,(H,16,18)/t12-,13-/m1/s1. The van der Waals surface area contributed by atoms with Gasteiger partial charge in [-0.15, -0.1) is 0 Å². The summed E-state index contributed by atoms with van der Waals surface area (Å²) in [5, 5.41) is 2.99. The Balaban J connectivity index is 2.06. The zero-order valence-electron chi connectivity index (χ0n) is 12.1. The molecule has 1 aliphatic heterocycles. The topological polar surface area (TPSA) is 41.6 Å². The largest absolute Gasteiger partial charge is 0.372 e. The van der Waals surface area contributed by atoms with Crippen molar-refractivity contribution in [3.05, 3.63) is 29.3 Å². The van der Waals surface area contributed by atoms with Gasteiger partial charge in [0.05, 0.1) is 12.2 Å². The van der Waals surface area contributed by atoms with Crippen molar-refractivity contribution in [2.45, 2.75) is 39.9 Å². The van der Waals surface area contributed by atoms with Gasteiger partial charge in [-0.3, -0.25) is 0 Å². The van der Waals surface area contributed by atoms with Crippen LogP contribution in [-0.2, 0) is 4.74 Å². The Hall–Kier alpha value is -1.55. The minimum absolute atomic E-state index is 0.0456. The molecule has 104 valence electrons. The van der Waals surface area contributed by atoms with E-state index < -0.39 is 0 Å². The highest BCUT2D eigenvalue weighted by Crippen LogP contribution is 2.18. The average Bonchev–Trinajstić information content (AvgIpc) is 2.32. The SMILES string of the molecule is Cc1ccc(C)c(NC(=O)N2C[C@@H](C)O[C@H](C)C2)c1. The molecule has 0 saturated carbocycles. The maximum atomic E-state index is 12.3. The second-order valence-electron chi connectivity index (χ2n) is 5.41. The summed E-state index contributed by atoms with van der Waals surface area (Å²) in [7, 11) is 0. The van der Waals surface area contributed by atoms with E-state index in [-0.39, 0.29) is 18.2 Å². The summed E-state index contributed by atoms with van der Waals surface area (Å²) in [5.41, 5.74) is 3.11. The molecular weight excluding hydrogens is 240 g/mol. The number of carbonyl (C=O) groups excluding carboxylic acids is 1. The molecule has 1 aromatic carbocycles. The summed E-state index contributed by atoms with van der Waals surface area (Å²) in [6, 6.07) is 6.02. The highest BCUT2D eigenvalue weighted by molar-refractivity contribution is 5.90. The Bertz CT molecular complexity index is 463. The highest BCUT2D eigenvalue weighted by Gasteiger charge is 2.25. The molecule has 0 aliphatic carbocycles. The molecule has 0 aromatic heterocycles.